The Balaban J connectivity index is 2.24. The van der Waals surface area contributed by atoms with Crippen LogP contribution < -0.4 is 9.47 Å². The molecule has 0 heterocycles. The van der Waals surface area contributed by atoms with Crippen molar-refractivity contribution in [1.29, 1.82) is 0 Å². The first-order chi connectivity index (χ1) is 11.0. The number of hydrogen-bond donors (Lipinski definition) is 0. The molecule has 0 aliphatic heterocycles. The maximum atomic E-state index is 6.05. The molecule has 0 aromatic heterocycles. The number of benzene rings is 2. The summed E-state index contributed by atoms with van der Waals surface area (Å²) >= 11 is 6.75. The van der Waals surface area contributed by atoms with E-state index in [-0.39, 0.29) is 0 Å². The number of rotatable bonds is 6. The summed E-state index contributed by atoms with van der Waals surface area (Å²) in [6.45, 7) is 6.47. The van der Waals surface area contributed by atoms with Gasteiger partial charge in [0.25, 0.3) is 0 Å². The quantitative estimate of drug-likeness (QED) is 0.501. The van der Waals surface area contributed by atoms with Crippen LogP contribution in [-0.2, 0) is 13.0 Å². The maximum Gasteiger partial charge on any atom is 0.164 e. The molecule has 0 saturated heterocycles. The van der Waals surface area contributed by atoms with Crippen LogP contribution in [0.15, 0.2) is 41.3 Å². The molecule has 4 heteroatoms. The van der Waals surface area contributed by atoms with Crippen LogP contribution in [0, 0.1) is 6.92 Å². The Labute approximate surface area is 148 Å². The predicted molar refractivity (Wildman–Crippen MR) is 102 cm³/mol. The maximum absolute atomic E-state index is 6.05. The molecule has 0 radical (unpaired) electrons. The van der Waals surface area contributed by atoms with E-state index in [1.807, 2.05) is 24.5 Å². The topological polar surface area (TPSA) is 18.5 Å². The third kappa shape index (κ3) is 4.72. The summed E-state index contributed by atoms with van der Waals surface area (Å²) in [6.07, 6.45) is 3.08. The molecule has 0 N–H and O–H groups in total. The summed E-state index contributed by atoms with van der Waals surface area (Å²) in [5.41, 5.74) is 3.50. The molecule has 0 amide bonds. The van der Waals surface area contributed by atoms with Crippen LogP contribution in [0.25, 0.3) is 0 Å². The summed E-state index contributed by atoms with van der Waals surface area (Å²) < 4.78 is 11.7. The van der Waals surface area contributed by atoms with Gasteiger partial charge in [0.2, 0.25) is 0 Å². The Kier molecular flexibility index (Phi) is 6.48. The molecule has 2 rings (SSSR count). The first-order valence-corrected chi connectivity index (χ1v) is 9.25. The van der Waals surface area contributed by atoms with Crippen LogP contribution in [0.3, 0.4) is 0 Å². The molecule has 2 aromatic carbocycles. The van der Waals surface area contributed by atoms with E-state index in [9.17, 15) is 0 Å². The van der Waals surface area contributed by atoms with E-state index in [0.29, 0.717) is 11.7 Å². The fourth-order valence-electron chi connectivity index (χ4n) is 2.37. The van der Waals surface area contributed by atoms with Gasteiger partial charge in [0.05, 0.1) is 0 Å². The van der Waals surface area contributed by atoms with Gasteiger partial charge in [-0.2, -0.15) is 0 Å². The largest absolute Gasteiger partial charge is 0.488 e. The first kappa shape index (κ1) is 17.8. The Bertz CT molecular complexity index is 696. The minimum Gasteiger partial charge on any atom is -0.488 e. The van der Waals surface area contributed by atoms with E-state index in [0.717, 1.165) is 33.9 Å². The van der Waals surface area contributed by atoms with E-state index in [1.165, 1.54) is 5.56 Å². The van der Waals surface area contributed by atoms with Gasteiger partial charge in [-0.25, -0.2) is 0 Å². The lowest BCUT2D eigenvalue weighted by molar-refractivity contribution is 0.297. The third-order valence-electron chi connectivity index (χ3n) is 3.58. The molecule has 0 aliphatic rings. The molecule has 0 fully saturated rings. The zero-order valence-corrected chi connectivity index (χ0v) is 15.6. The molecular formula is C19H22O2S2. The van der Waals surface area contributed by atoms with E-state index >= 15 is 0 Å². The van der Waals surface area contributed by atoms with Crippen molar-refractivity contribution in [2.75, 3.05) is 6.26 Å². The second-order valence-electron chi connectivity index (χ2n) is 5.27. The second kappa shape index (κ2) is 8.37. The average Bonchev–Trinajstić information content (AvgIpc) is 2.53. The van der Waals surface area contributed by atoms with Crippen molar-refractivity contribution in [3.63, 3.8) is 0 Å². The van der Waals surface area contributed by atoms with Crippen molar-refractivity contribution in [2.24, 2.45) is 0 Å². The molecule has 2 nitrogen and oxygen atoms in total. The lowest BCUT2D eigenvalue weighted by Gasteiger charge is -2.16. The monoisotopic (exact) mass is 346 g/mol. The van der Waals surface area contributed by atoms with Crippen molar-refractivity contribution in [1.82, 2.24) is 0 Å². The molecule has 2 aromatic rings. The molecule has 0 bridgehead atoms. The van der Waals surface area contributed by atoms with Gasteiger partial charge in [-0.1, -0.05) is 25.1 Å². The minimum absolute atomic E-state index is 0.460. The van der Waals surface area contributed by atoms with Gasteiger partial charge in [-0.15, -0.1) is 11.8 Å². The summed E-state index contributed by atoms with van der Waals surface area (Å²) in [4.78, 5) is 1.14. The Morgan fingerprint density at radius 3 is 2.57 bits per heavy atom. The molecule has 0 saturated carbocycles. The molecule has 0 atom stereocenters. The molecule has 0 aliphatic carbocycles. The lowest BCUT2D eigenvalue weighted by atomic mass is 10.1. The van der Waals surface area contributed by atoms with Crippen molar-refractivity contribution < 1.29 is 9.47 Å². The van der Waals surface area contributed by atoms with Crippen LogP contribution in [0.4, 0.5) is 0 Å². The van der Waals surface area contributed by atoms with Crippen molar-refractivity contribution in [3.8, 4) is 11.5 Å². The van der Waals surface area contributed by atoms with Gasteiger partial charge in [-0.3, -0.25) is 0 Å². The molecule has 23 heavy (non-hydrogen) atoms. The minimum atomic E-state index is 0.460. The van der Waals surface area contributed by atoms with Gasteiger partial charge in [0.1, 0.15) is 18.1 Å². The summed E-state index contributed by atoms with van der Waals surface area (Å²) in [6, 6.07) is 12.3. The fourth-order valence-corrected chi connectivity index (χ4v) is 3.08. The zero-order chi connectivity index (χ0) is 16.8. The van der Waals surface area contributed by atoms with E-state index < -0.39 is 0 Å². The van der Waals surface area contributed by atoms with E-state index in [1.54, 1.807) is 18.7 Å². The van der Waals surface area contributed by atoms with E-state index in [2.05, 4.69) is 32.0 Å². The van der Waals surface area contributed by atoms with Gasteiger partial charge < -0.3 is 9.47 Å². The van der Waals surface area contributed by atoms with Crippen LogP contribution in [0.2, 0.25) is 0 Å². The van der Waals surface area contributed by atoms with Crippen molar-refractivity contribution in [3.05, 3.63) is 53.1 Å². The van der Waals surface area contributed by atoms with Gasteiger partial charge in [0, 0.05) is 17.4 Å². The molecule has 0 unspecified atom stereocenters. The predicted octanol–water partition coefficient (Wildman–Crippen LogP) is 5.58. The number of thioether (sulfide) groups is 1. The SMILES string of the molecule is CCc1ccc(OCc2c(OC(C)=S)cccc2SC)c(C)c1. The Morgan fingerprint density at radius 1 is 1.17 bits per heavy atom. The highest BCUT2D eigenvalue weighted by Gasteiger charge is 2.12. The summed E-state index contributed by atoms with van der Waals surface area (Å²) in [5.74, 6) is 1.68. The van der Waals surface area contributed by atoms with Crippen LogP contribution in [0.5, 0.6) is 11.5 Å². The highest BCUT2D eigenvalue weighted by molar-refractivity contribution is 7.98. The zero-order valence-electron chi connectivity index (χ0n) is 14.0. The Hall–Kier alpha value is -1.52. The summed E-state index contributed by atoms with van der Waals surface area (Å²) in [7, 11) is 0. The van der Waals surface area contributed by atoms with E-state index in [4.69, 9.17) is 21.7 Å². The number of ether oxygens (including phenoxy) is 2. The highest BCUT2D eigenvalue weighted by Crippen LogP contribution is 2.31. The number of hydrogen-bond acceptors (Lipinski definition) is 4. The lowest BCUT2D eigenvalue weighted by Crippen LogP contribution is -2.06. The number of thiocarbonyl (C=S) groups is 1. The standard InChI is InChI=1S/C19H22O2S2/c1-5-15-9-10-17(13(2)11-15)20-12-16-18(21-14(3)22)7-6-8-19(16)23-4/h6-11H,5,12H2,1-4H3. The van der Waals surface area contributed by atoms with Crippen LogP contribution in [-0.4, -0.2) is 11.3 Å². The molecule has 122 valence electrons. The average molecular weight is 347 g/mol. The second-order valence-corrected chi connectivity index (χ2v) is 6.70. The van der Waals surface area contributed by atoms with Gasteiger partial charge in [0.15, 0.2) is 5.05 Å². The first-order valence-electron chi connectivity index (χ1n) is 7.61. The smallest absolute Gasteiger partial charge is 0.164 e. The van der Waals surface area contributed by atoms with Crippen LogP contribution >= 0.6 is 24.0 Å². The normalized spacial score (nSPS) is 10.4. The number of aryl methyl sites for hydroxylation is 2. The summed E-state index contributed by atoms with van der Waals surface area (Å²) in [5, 5.41) is 0.507. The molecular weight excluding hydrogens is 324 g/mol. The van der Waals surface area contributed by atoms with Gasteiger partial charge in [-0.05, 0) is 61.1 Å². The third-order valence-corrected chi connectivity index (χ3v) is 4.49. The Morgan fingerprint density at radius 2 is 1.96 bits per heavy atom. The van der Waals surface area contributed by atoms with Crippen molar-refractivity contribution >= 4 is 29.0 Å². The van der Waals surface area contributed by atoms with Crippen molar-refractivity contribution in [2.45, 2.75) is 38.7 Å². The fraction of sp³-hybridized carbons (Fsp3) is 0.316. The highest BCUT2D eigenvalue weighted by atomic mass is 32.2. The van der Waals surface area contributed by atoms with Crippen LogP contribution in [0.1, 0.15) is 30.5 Å². The molecule has 0 spiro atoms. The van der Waals surface area contributed by atoms with Gasteiger partial charge >= 0.3 is 0 Å².